The molecule has 0 aliphatic rings. The first-order valence-corrected chi connectivity index (χ1v) is 6.50. The Kier molecular flexibility index (Phi) is 3.81. The molecule has 0 atom stereocenters. The maximum atomic E-state index is 11.2. The third-order valence-electron chi connectivity index (χ3n) is 2.45. The quantitative estimate of drug-likeness (QED) is 0.897. The van der Waals surface area contributed by atoms with Crippen molar-refractivity contribution in [2.24, 2.45) is 0 Å². The van der Waals surface area contributed by atoms with Gasteiger partial charge in [-0.2, -0.15) is 5.10 Å². The summed E-state index contributed by atoms with van der Waals surface area (Å²) in [6.07, 6.45) is 2.52. The van der Waals surface area contributed by atoms with Gasteiger partial charge in [0, 0.05) is 11.4 Å². The third kappa shape index (κ3) is 2.68. The molecule has 6 heteroatoms. The number of aromatic amines is 1. The first-order chi connectivity index (χ1) is 8.22. The molecule has 2 heterocycles. The summed E-state index contributed by atoms with van der Waals surface area (Å²) in [4.78, 5) is 12.5. The Bertz CT molecular complexity index is 564. The second kappa shape index (κ2) is 5.33. The normalized spacial score (nSPS) is 10.5. The van der Waals surface area contributed by atoms with Crippen LogP contribution in [0.2, 0.25) is 5.02 Å². The zero-order valence-electron chi connectivity index (χ0n) is 9.29. The molecule has 2 rings (SSSR count). The molecule has 0 spiro atoms. The summed E-state index contributed by atoms with van der Waals surface area (Å²) >= 11 is 7.56. The summed E-state index contributed by atoms with van der Waals surface area (Å²) in [5, 5.41) is 11.3. The summed E-state index contributed by atoms with van der Waals surface area (Å²) in [6.45, 7) is 2.78. The van der Waals surface area contributed by atoms with E-state index < -0.39 is 0 Å². The van der Waals surface area contributed by atoms with Crippen molar-refractivity contribution in [3.05, 3.63) is 43.5 Å². The number of nitrogens with zero attached hydrogens (tertiary/aromatic N) is 1. The van der Waals surface area contributed by atoms with Crippen LogP contribution in [-0.2, 0) is 13.0 Å². The Morgan fingerprint density at radius 2 is 2.41 bits per heavy atom. The number of hydrogen-bond donors (Lipinski definition) is 2. The van der Waals surface area contributed by atoms with Crippen LogP contribution in [0.25, 0.3) is 0 Å². The van der Waals surface area contributed by atoms with Gasteiger partial charge < -0.3 is 5.32 Å². The molecule has 0 amide bonds. The van der Waals surface area contributed by atoms with Gasteiger partial charge in [0.1, 0.15) is 5.02 Å². The molecule has 0 aliphatic carbocycles. The van der Waals surface area contributed by atoms with Crippen molar-refractivity contribution in [1.82, 2.24) is 10.2 Å². The van der Waals surface area contributed by atoms with Gasteiger partial charge in [-0.3, -0.25) is 4.79 Å². The van der Waals surface area contributed by atoms with E-state index in [-0.39, 0.29) is 10.6 Å². The molecule has 2 aromatic rings. The lowest BCUT2D eigenvalue weighted by atomic mass is 10.2. The number of nitrogens with one attached hydrogen (secondary N) is 2. The molecule has 2 N–H and O–H groups in total. The molecule has 17 heavy (non-hydrogen) atoms. The predicted molar refractivity (Wildman–Crippen MR) is 70.9 cm³/mol. The smallest absolute Gasteiger partial charge is 0.285 e. The maximum Gasteiger partial charge on any atom is 0.285 e. The van der Waals surface area contributed by atoms with Crippen molar-refractivity contribution in [2.75, 3.05) is 5.32 Å². The molecular formula is C11H12ClN3OS. The number of halogens is 1. The monoisotopic (exact) mass is 269 g/mol. The predicted octanol–water partition coefficient (Wildman–Crippen LogP) is 2.66. The fourth-order valence-electron chi connectivity index (χ4n) is 1.52. The summed E-state index contributed by atoms with van der Waals surface area (Å²) in [7, 11) is 0. The summed E-state index contributed by atoms with van der Waals surface area (Å²) in [5.74, 6) is 0. The molecule has 0 unspecified atom stereocenters. The SMILES string of the molecule is CCc1ccsc1CNc1cn[nH]c(=O)c1Cl. The van der Waals surface area contributed by atoms with Gasteiger partial charge in [-0.05, 0) is 23.4 Å². The first-order valence-electron chi connectivity index (χ1n) is 5.24. The molecule has 2 aromatic heterocycles. The second-order valence-electron chi connectivity index (χ2n) is 3.50. The second-order valence-corrected chi connectivity index (χ2v) is 4.88. The molecule has 4 nitrogen and oxygen atoms in total. The summed E-state index contributed by atoms with van der Waals surface area (Å²) in [6, 6.07) is 2.11. The first kappa shape index (κ1) is 12.1. The van der Waals surface area contributed by atoms with E-state index in [9.17, 15) is 4.79 Å². The highest BCUT2D eigenvalue weighted by Crippen LogP contribution is 2.20. The number of anilines is 1. The van der Waals surface area contributed by atoms with Crippen LogP contribution in [0.5, 0.6) is 0 Å². The van der Waals surface area contributed by atoms with Crippen molar-refractivity contribution >= 4 is 28.6 Å². The highest BCUT2D eigenvalue weighted by Gasteiger charge is 2.06. The summed E-state index contributed by atoms with van der Waals surface area (Å²) in [5.41, 5.74) is 1.50. The number of rotatable bonds is 4. The van der Waals surface area contributed by atoms with Crippen molar-refractivity contribution in [3.63, 3.8) is 0 Å². The molecule has 0 saturated carbocycles. The van der Waals surface area contributed by atoms with Gasteiger partial charge in [-0.15, -0.1) is 11.3 Å². The molecule has 0 fully saturated rings. The van der Waals surface area contributed by atoms with E-state index in [1.807, 2.05) is 0 Å². The van der Waals surface area contributed by atoms with E-state index in [2.05, 4.69) is 33.9 Å². The molecule has 0 radical (unpaired) electrons. The van der Waals surface area contributed by atoms with E-state index in [0.29, 0.717) is 12.2 Å². The van der Waals surface area contributed by atoms with Gasteiger partial charge in [0.25, 0.3) is 5.56 Å². The van der Waals surface area contributed by atoms with Crippen LogP contribution >= 0.6 is 22.9 Å². The molecule has 0 aromatic carbocycles. The lowest BCUT2D eigenvalue weighted by molar-refractivity contribution is 0.981. The molecule has 0 aliphatic heterocycles. The Balaban J connectivity index is 2.13. The fraction of sp³-hybridized carbons (Fsp3) is 0.273. The van der Waals surface area contributed by atoms with Gasteiger partial charge in [0.05, 0.1) is 11.9 Å². The molecule has 0 bridgehead atoms. The van der Waals surface area contributed by atoms with E-state index >= 15 is 0 Å². The summed E-state index contributed by atoms with van der Waals surface area (Å²) < 4.78 is 0. The number of H-pyrrole nitrogens is 1. The zero-order chi connectivity index (χ0) is 12.3. The van der Waals surface area contributed by atoms with E-state index in [1.54, 1.807) is 11.3 Å². The van der Waals surface area contributed by atoms with E-state index in [4.69, 9.17) is 11.6 Å². The Morgan fingerprint density at radius 3 is 3.18 bits per heavy atom. The zero-order valence-corrected chi connectivity index (χ0v) is 10.9. The van der Waals surface area contributed by atoms with Gasteiger partial charge >= 0.3 is 0 Å². The minimum atomic E-state index is -0.376. The lowest BCUT2D eigenvalue weighted by Crippen LogP contribution is -2.11. The minimum Gasteiger partial charge on any atom is -0.377 e. The Hall–Kier alpha value is -1.33. The van der Waals surface area contributed by atoms with Crippen molar-refractivity contribution in [2.45, 2.75) is 19.9 Å². The molecular weight excluding hydrogens is 258 g/mol. The van der Waals surface area contributed by atoms with Crippen LogP contribution < -0.4 is 10.9 Å². The van der Waals surface area contributed by atoms with Crippen LogP contribution in [0.3, 0.4) is 0 Å². The third-order valence-corrected chi connectivity index (χ3v) is 3.79. The van der Waals surface area contributed by atoms with Crippen LogP contribution in [0.15, 0.2) is 22.4 Å². The van der Waals surface area contributed by atoms with Gasteiger partial charge in [-0.25, -0.2) is 5.10 Å². The van der Waals surface area contributed by atoms with Crippen LogP contribution in [0.4, 0.5) is 5.69 Å². The Morgan fingerprint density at radius 1 is 1.59 bits per heavy atom. The number of hydrogen-bond acceptors (Lipinski definition) is 4. The van der Waals surface area contributed by atoms with Crippen LogP contribution in [-0.4, -0.2) is 10.2 Å². The van der Waals surface area contributed by atoms with Gasteiger partial charge in [0.2, 0.25) is 0 Å². The van der Waals surface area contributed by atoms with Crippen molar-refractivity contribution in [1.29, 1.82) is 0 Å². The average Bonchev–Trinajstić information content (AvgIpc) is 2.78. The van der Waals surface area contributed by atoms with Gasteiger partial charge in [0.15, 0.2) is 0 Å². The van der Waals surface area contributed by atoms with E-state index in [1.165, 1.54) is 16.6 Å². The Labute approximate surface area is 108 Å². The maximum absolute atomic E-state index is 11.2. The number of thiophene rings is 1. The fourth-order valence-corrected chi connectivity index (χ4v) is 2.59. The highest BCUT2D eigenvalue weighted by molar-refractivity contribution is 7.10. The van der Waals surface area contributed by atoms with Crippen LogP contribution in [0, 0.1) is 0 Å². The largest absolute Gasteiger partial charge is 0.377 e. The minimum absolute atomic E-state index is 0.148. The lowest BCUT2D eigenvalue weighted by Gasteiger charge is -2.06. The average molecular weight is 270 g/mol. The standard InChI is InChI=1S/C11H12ClN3OS/c1-2-7-3-4-17-9(7)6-13-8-5-14-15-11(16)10(8)12/h3-5H,2,6H2,1H3,(H2,13,15,16). The number of aromatic nitrogens is 2. The topological polar surface area (TPSA) is 57.8 Å². The highest BCUT2D eigenvalue weighted by atomic mass is 35.5. The van der Waals surface area contributed by atoms with Gasteiger partial charge in [-0.1, -0.05) is 18.5 Å². The molecule has 90 valence electrons. The van der Waals surface area contributed by atoms with Crippen molar-refractivity contribution in [3.8, 4) is 0 Å². The molecule has 0 saturated heterocycles. The van der Waals surface area contributed by atoms with E-state index in [0.717, 1.165) is 6.42 Å². The van der Waals surface area contributed by atoms with Crippen LogP contribution in [0.1, 0.15) is 17.4 Å². The number of aryl methyl sites for hydroxylation is 1. The van der Waals surface area contributed by atoms with Crippen molar-refractivity contribution < 1.29 is 0 Å².